The van der Waals surface area contributed by atoms with Gasteiger partial charge in [-0.15, -0.1) is 0 Å². The Labute approximate surface area is 151 Å². The van der Waals surface area contributed by atoms with Crippen LogP contribution >= 0.6 is 0 Å². The van der Waals surface area contributed by atoms with Gasteiger partial charge in [0.2, 0.25) is 0 Å². The molecule has 2 N–H and O–H groups in total. The Morgan fingerprint density at radius 2 is 1.78 bits per heavy atom. The lowest BCUT2D eigenvalue weighted by Gasteiger charge is -2.11. The average Bonchev–Trinajstić information content (AvgIpc) is 2.58. The van der Waals surface area contributed by atoms with Crippen molar-refractivity contribution in [2.75, 3.05) is 4.72 Å². The first-order valence-corrected chi connectivity index (χ1v) is 9.00. The molecule has 3 aromatic rings. The van der Waals surface area contributed by atoms with Gasteiger partial charge in [0.1, 0.15) is 10.7 Å². The van der Waals surface area contributed by atoms with Gasteiger partial charge in [-0.2, -0.15) is 0 Å². The summed E-state index contributed by atoms with van der Waals surface area (Å²) in [5.74, 6) is -4.99. The molecular formula is C17H12F3N3O3S. The number of aromatic amines is 1. The van der Waals surface area contributed by atoms with Crippen LogP contribution in [-0.2, 0) is 10.0 Å². The number of H-pyrrole nitrogens is 1. The van der Waals surface area contributed by atoms with Crippen LogP contribution in [0.25, 0.3) is 11.4 Å². The smallest absolute Gasteiger partial charge is 0.264 e. The van der Waals surface area contributed by atoms with E-state index in [1.165, 1.54) is 24.3 Å². The monoisotopic (exact) mass is 395 g/mol. The first-order valence-electron chi connectivity index (χ1n) is 7.52. The molecule has 0 bridgehead atoms. The number of anilines is 1. The van der Waals surface area contributed by atoms with E-state index in [9.17, 15) is 26.4 Å². The number of nitrogens with one attached hydrogen (secondary N) is 2. The second-order valence-electron chi connectivity index (χ2n) is 5.60. The summed E-state index contributed by atoms with van der Waals surface area (Å²) in [4.78, 5) is 17.2. The zero-order chi connectivity index (χ0) is 19.8. The number of hydrogen-bond acceptors (Lipinski definition) is 4. The molecule has 27 heavy (non-hydrogen) atoms. The van der Waals surface area contributed by atoms with Crippen molar-refractivity contribution >= 4 is 15.7 Å². The highest BCUT2D eigenvalue weighted by atomic mass is 32.2. The van der Waals surface area contributed by atoms with Crippen molar-refractivity contribution in [1.29, 1.82) is 0 Å². The number of benzene rings is 2. The van der Waals surface area contributed by atoms with Gasteiger partial charge in [0.25, 0.3) is 15.6 Å². The number of aryl methyl sites for hydroxylation is 1. The highest BCUT2D eigenvalue weighted by molar-refractivity contribution is 7.92. The Morgan fingerprint density at radius 1 is 1.04 bits per heavy atom. The fourth-order valence-corrected chi connectivity index (χ4v) is 3.49. The number of hydrogen-bond donors (Lipinski definition) is 2. The molecule has 0 aliphatic heterocycles. The quantitative estimate of drug-likeness (QED) is 0.665. The van der Waals surface area contributed by atoms with Gasteiger partial charge in [0.15, 0.2) is 17.5 Å². The summed E-state index contributed by atoms with van der Waals surface area (Å²) in [6, 6.07) is 8.22. The number of rotatable bonds is 4. The maximum Gasteiger partial charge on any atom is 0.264 e. The molecule has 3 rings (SSSR count). The lowest BCUT2D eigenvalue weighted by atomic mass is 10.2. The van der Waals surface area contributed by atoms with Crippen molar-refractivity contribution in [2.45, 2.75) is 11.8 Å². The summed E-state index contributed by atoms with van der Waals surface area (Å²) in [7, 11) is -4.52. The van der Waals surface area contributed by atoms with Gasteiger partial charge in [-0.05, 0) is 31.2 Å². The first kappa shape index (κ1) is 18.6. The van der Waals surface area contributed by atoms with Crippen LogP contribution in [0.1, 0.15) is 5.69 Å². The van der Waals surface area contributed by atoms with Crippen molar-refractivity contribution in [2.24, 2.45) is 0 Å². The maximum atomic E-state index is 13.8. The predicted molar refractivity (Wildman–Crippen MR) is 92.2 cm³/mol. The van der Waals surface area contributed by atoms with E-state index in [-0.39, 0.29) is 17.1 Å². The number of sulfonamides is 1. The van der Waals surface area contributed by atoms with E-state index < -0.39 is 32.4 Å². The molecule has 2 aromatic carbocycles. The minimum atomic E-state index is -4.52. The fourth-order valence-electron chi connectivity index (χ4n) is 2.37. The molecule has 1 heterocycles. The van der Waals surface area contributed by atoms with Crippen molar-refractivity contribution in [3.05, 3.63) is 76.0 Å². The van der Waals surface area contributed by atoms with Crippen LogP contribution in [0.5, 0.6) is 0 Å². The molecule has 0 saturated heterocycles. The largest absolute Gasteiger partial charge is 0.307 e. The highest BCUT2D eigenvalue weighted by Crippen LogP contribution is 2.24. The van der Waals surface area contributed by atoms with E-state index in [0.717, 1.165) is 0 Å². The molecule has 140 valence electrons. The number of nitrogens with zero attached hydrogens (tertiary/aromatic N) is 1. The molecule has 0 radical (unpaired) electrons. The number of aromatic nitrogens is 2. The second-order valence-corrected chi connectivity index (χ2v) is 7.25. The number of halogens is 3. The molecule has 0 atom stereocenters. The summed E-state index contributed by atoms with van der Waals surface area (Å²) in [5.41, 5.74) is 0.485. The molecule has 6 nitrogen and oxygen atoms in total. The molecule has 0 fully saturated rings. The normalized spacial score (nSPS) is 11.4. The third kappa shape index (κ3) is 3.85. The van der Waals surface area contributed by atoms with Crippen molar-refractivity contribution in [3.8, 4) is 11.4 Å². The third-order valence-electron chi connectivity index (χ3n) is 3.55. The zero-order valence-corrected chi connectivity index (χ0v) is 14.6. The lowest BCUT2D eigenvalue weighted by molar-refractivity contribution is 0.432. The molecule has 0 unspecified atom stereocenters. The second kappa shape index (κ2) is 6.88. The van der Waals surface area contributed by atoms with Crippen LogP contribution in [-0.4, -0.2) is 18.4 Å². The molecule has 0 spiro atoms. The summed E-state index contributed by atoms with van der Waals surface area (Å²) < 4.78 is 66.9. The van der Waals surface area contributed by atoms with Crippen molar-refractivity contribution < 1.29 is 21.6 Å². The Morgan fingerprint density at radius 3 is 2.48 bits per heavy atom. The highest BCUT2D eigenvalue weighted by Gasteiger charge is 2.24. The van der Waals surface area contributed by atoms with Crippen molar-refractivity contribution in [3.63, 3.8) is 0 Å². The molecule has 0 aliphatic rings. The predicted octanol–water partition coefficient (Wildman–Crippen LogP) is 2.96. The van der Waals surface area contributed by atoms with E-state index in [1.54, 1.807) is 13.0 Å². The van der Waals surface area contributed by atoms with Crippen LogP contribution in [0.3, 0.4) is 0 Å². The lowest BCUT2D eigenvalue weighted by Crippen LogP contribution is -2.16. The molecule has 10 heteroatoms. The minimum absolute atomic E-state index is 0.0146. The van der Waals surface area contributed by atoms with Gasteiger partial charge in [-0.1, -0.05) is 12.1 Å². The van der Waals surface area contributed by atoms with Crippen LogP contribution in [0.15, 0.2) is 52.2 Å². The molecule has 1 aromatic heterocycles. The first-order chi connectivity index (χ1) is 12.7. The summed E-state index contributed by atoms with van der Waals surface area (Å²) in [6.45, 7) is 1.62. The van der Waals surface area contributed by atoms with Crippen LogP contribution in [0.2, 0.25) is 0 Å². The third-order valence-corrected chi connectivity index (χ3v) is 4.95. The van der Waals surface area contributed by atoms with Gasteiger partial charge >= 0.3 is 0 Å². The Balaban J connectivity index is 1.99. The topological polar surface area (TPSA) is 91.9 Å². The van der Waals surface area contributed by atoms with Crippen molar-refractivity contribution in [1.82, 2.24) is 9.97 Å². The molecule has 0 amide bonds. The van der Waals surface area contributed by atoms with Gasteiger partial charge in [-0.3, -0.25) is 9.52 Å². The standard InChI is InChI=1S/C17H12F3N3O3S/c1-9-7-14(24)22-17(21-9)10-3-2-4-11(8-10)23-27(25,26)13-6-5-12(18)15(19)16(13)20/h2-8,23H,1H3,(H,21,22,24). The van der Waals surface area contributed by atoms with E-state index >= 15 is 0 Å². The fraction of sp³-hybridized carbons (Fsp3) is 0.0588. The Hall–Kier alpha value is -3.14. The van der Waals surface area contributed by atoms with Gasteiger partial charge < -0.3 is 4.98 Å². The summed E-state index contributed by atoms with van der Waals surface area (Å²) >= 11 is 0. The van der Waals surface area contributed by atoms with Gasteiger partial charge in [-0.25, -0.2) is 26.6 Å². The maximum absolute atomic E-state index is 13.8. The summed E-state index contributed by atoms with van der Waals surface area (Å²) in [6.07, 6.45) is 0. The van der Waals surface area contributed by atoms with Crippen LogP contribution in [0, 0.1) is 24.4 Å². The van der Waals surface area contributed by atoms with Crippen LogP contribution in [0.4, 0.5) is 18.9 Å². The van der Waals surface area contributed by atoms with Crippen LogP contribution < -0.4 is 10.3 Å². The van der Waals surface area contributed by atoms with E-state index in [2.05, 4.69) is 14.7 Å². The Bertz CT molecular complexity index is 1190. The minimum Gasteiger partial charge on any atom is -0.307 e. The van der Waals surface area contributed by atoms with E-state index in [1.807, 2.05) is 0 Å². The Kier molecular flexibility index (Phi) is 4.75. The summed E-state index contributed by atoms with van der Waals surface area (Å²) in [5, 5.41) is 0. The molecule has 0 saturated carbocycles. The SMILES string of the molecule is Cc1cc(=O)[nH]c(-c2cccc(NS(=O)(=O)c3ccc(F)c(F)c3F)c2)n1. The molecular weight excluding hydrogens is 383 g/mol. The van der Waals surface area contributed by atoms with Gasteiger partial charge in [0.05, 0.1) is 0 Å². The van der Waals surface area contributed by atoms with E-state index in [0.29, 0.717) is 23.4 Å². The van der Waals surface area contributed by atoms with E-state index in [4.69, 9.17) is 0 Å². The van der Waals surface area contributed by atoms with Gasteiger partial charge in [0, 0.05) is 23.0 Å². The average molecular weight is 395 g/mol. The molecule has 0 aliphatic carbocycles. The zero-order valence-electron chi connectivity index (χ0n) is 13.8.